The van der Waals surface area contributed by atoms with E-state index in [-0.39, 0.29) is 0 Å². The maximum Gasteiger partial charge on any atom is 0.0467 e. The molecule has 0 bridgehead atoms. The molecule has 0 aromatic rings. The summed E-state index contributed by atoms with van der Waals surface area (Å²) in [4.78, 5) is 0. The largest absolute Gasteiger partial charge is 0.385 e. The van der Waals surface area contributed by atoms with Crippen molar-refractivity contribution in [1.82, 2.24) is 0 Å². The van der Waals surface area contributed by atoms with Crippen molar-refractivity contribution in [2.24, 2.45) is 5.41 Å². The van der Waals surface area contributed by atoms with Gasteiger partial charge in [-0.15, -0.1) is 0 Å². The van der Waals surface area contributed by atoms with E-state index in [0.29, 0.717) is 5.41 Å². The molecule has 0 atom stereocenters. The molecule has 0 unspecified atom stereocenters. The molecule has 78 valence electrons. The summed E-state index contributed by atoms with van der Waals surface area (Å²) >= 11 is 0. The minimum atomic E-state index is 0.427. The van der Waals surface area contributed by atoms with E-state index >= 15 is 0 Å². The van der Waals surface area contributed by atoms with Crippen LogP contribution in [0.15, 0.2) is 0 Å². The molecule has 0 amide bonds. The second-order valence-corrected chi connectivity index (χ2v) is 3.30. The Morgan fingerprint density at radius 3 is 1.33 bits per heavy atom. The fraction of sp³-hybridized carbons (Fsp3) is 1.00. The van der Waals surface area contributed by atoms with Crippen molar-refractivity contribution in [2.45, 2.75) is 54.9 Å². The molecule has 0 aliphatic heterocycles. The number of methoxy groups -OCH3 is 1. The van der Waals surface area contributed by atoms with E-state index in [1.54, 1.807) is 7.11 Å². The van der Waals surface area contributed by atoms with Gasteiger partial charge in [-0.2, -0.15) is 0 Å². The van der Waals surface area contributed by atoms with Gasteiger partial charge in [-0.1, -0.05) is 48.5 Å². The molecule has 0 aliphatic rings. The minimum Gasteiger partial charge on any atom is -0.385 e. The van der Waals surface area contributed by atoms with Crippen LogP contribution in [0.25, 0.3) is 0 Å². The van der Waals surface area contributed by atoms with Gasteiger partial charge >= 0.3 is 0 Å². The van der Waals surface area contributed by atoms with Crippen LogP contribution in [-0.2, 0) is 4.74 Å². The molecule has 1 nitrogen and oxygen atoms in total. The Morgan fingerprint density at radius 1 is 0.917 bits per heavy atom. The minimum absolute atomic E-state index is 0.427. The molecule has 0 aromatic carbocycles. The van der Waals surface area contributed by atoms with Crippen LogP contribution in [0.4, 0.5) is 0 Å². The van der Waals surface area contributed by atoms with Crippen LogP contribution in [0.3, 0.4) is 0 Å². The number of hydrogen-bond acceptors (Lipinski definition) is 1. The maximum atomic E-state index is 4.92. The van der Waals surface area contributed by atoms with Gasteiger partial charge in [0, 0.05) is 13.7 Å². The Bertz CT molecular complexity index is 52.5. The van der Waals surface area contributed by atoms with E-state index in [1.807, 2.05) is 27.7 Å². The molecule has 0 spiro atoms. The van der Waals surface area contributed by atoms with Crippen molar-refractivity contribution in [3.63, 3.8) is 0 Å². The summed E-state index contributed by atoms with van der Waals surface area (Å²) in [6, 6.07) is 0. The molecule has 12 heavy (non-hydrogen) atoms. The van der Waals surface area contributed by atoms with Gasteiger partial charge < -0.3 is 4.74 Å². The average Bonchev–Trinajstić information content (AvgIpc) is 2.07. The molecule has 1 heteroatoms. The van der Waals surface area contributed by atoms with E-state index in [4.69, 9.17) is 4.74 Å². The van der Waals surface area contributed by atoms with Crippen LogP contribution in [0.1, 0.15) is 54.9 Å². The summed E-state index contributed by atoms with van der Waals surface area (Å²) in [5.74, 6) is 0. The Hall–Kier alpha value is -0.0400. The number of rotatable bonds is 2. The van der Waals surface area contributed by atoms with Gasteiger partial charge in [-0.05, 0) is 11.8 Å². The quantitative estimate of drug-likeness (QED) is 0.615. The highest BCUT2D eigenvalue weighted by Gasteiger charge is 2.07. The third-order valence-electron chi connectivity index (χ3n) is 1.06. The van der Waals surface area contributed by atoms with Crippen LogP contribution in [-0.4, -0.2) is 13.7 Å². The van der Waals surface area contributed by atoms with E-state index < -0.39 is 0 Å². The summed E-state index contributed by atoms with van der Waals surface area (Å²) in [5, 5.41) is 0. The van der Waals surface area contributed by atoms with Crippen LogP contribution in [0, 0.1) is 5.41 Å². The fourth-order valence-electron chi connectivity index (χ4n) is 0.408. The highest BCUT2D eigenvalue weighted by atomic mass is 16.5. The van der Waals surface area contributed by atoms with Gasteiger partial charge in [0.05, 0.1) is 0 Å². The monoisotopic (exact) mass is 176 g/mol. The molecule has 0 saturated heterocycles. The summed E-state index contributed by atoms with van der Waals surface area (Å²) in [6.45, 7) is 15.5. The van der Waals surface area contributed by atoms with Gasteiger partial charge in [-0.3, -0.25) is 0 Å². The van der Waals surface area contributed by atoms with Crippen molar-refractivity contribution in [1.29, 1.82) is 0 Å². The molecule has 0 N–H and O–H groups in total. The first kappa shape index (κ1) is 17.9. The first-order chi connectivity index (χ1) is 5.56. The Morgan fingerprint density at radius 2 is 1.25 bits per heavy atom. The lowest BCUT2D eigenvalue weighted by Crippen LogP contribution is -2.07. The normalized spacial score (nSPS) is 9.00. The number of ether oxygens (including phenoxy) is 1. The lowest BCUT2D eigenvalue weighted by molar-refractivity contribution is 0.159. The van der Waals surface area contributed by atoms with Gasteiger partial charge in [0.2, 0.25) is 0 Å². The molecule has 0 heterocycles. The first-order valence-corrected chi connectivity index (χ1v) is 5.05. The van der Waals surface area contributed by atoms with Crippen LogP contribution < -0.4 is 0 Å². The van der Waals surface area contributed by atoms with Crippen molar-refractivity contribution in [3.05, 3.63) is 0 Å². The smallest absolute Gasteiger partial charge is 0.0467 e. The van der Waals surface area contributed by atoms with Crippen molar-refractivity contribution >= 4 is 0 Å². The molecule has 0 rings (SSSR count). The van der Waals surface area contributed by atoms with E-state index in [1.165, 1.54) is 0 Å². The zero-order valence-corrected chi connectivity index (χ0v) is 10.3. The predicted molar refractivity (Wildman–Crippen MR) is 58.6 cm³/mol. The molecule has 0 aliphatic carbocycles. The molecular weight excluding hydrogens is 148 g/mol. The Balaban J connectivity index is -0.000000175. The predicted octanol–water partition coefficient (Wildman–Crippen LogP) is 4.12. The molecule has 0 saturated carbocycles. The standard InChI is InChI=1S/C7H16O.2C2H6/c1-7(2,3)5-6-8-4;2*1-2/h5-6H2,1-4H3;2*1-2H3. The van der Waals surface area contributed by atoms with Gasteiger partial charge in [0.1, 0.15) is 0 Å². The van der Waals surface area contributed by atoms with Crippen molar-refractivity contribution in [3.8, 4) is 0 Å². The van der Waals surface area contributed by atoms with Gasteiger partial charge in [0.15, 0.2) is 0 Å². The van der Waals surface area contributed by atoms with Crippen molar-refractivity contribution < 1.29 is 4.74 Å². The summed E-state index contributed by atoms with van der Waals surface area (Å²) in [7, 11) is 1.74. The fourth-order valence-corrected chi connectivity index (χ4v) is 0.408. The second-order valence-electron chi connectivity index (χ2n) is 3.30. The average molecular weight is 176 g/mol. The topological polar surface area (TPSA) is 9.23 Å². The number of hydrogen-bond donors (Lipinski definition) is 0. The first-order valence-electron chi connectivity index (χ1n) is 5.05. The highest BCUT2D eigenvalue weighted by molar-refractivity contribution is 4.59. The summed E-state index contributed by atoms with van der Waals surface area (Å²) in [6.07, 6.45) is 1.14. The summed E-state index contributed by atoms with van der Waals surface area (Å²) < 4.78 is 4.92. The lowest BCUT2D eigenvalue weighted by atomic mass is 9.93. The third kappa shape index (κ3) is 32.5. The maximum absolute atomic E-state index is 4.92. The summed E-state index contributed by atoms with van der Waals surface area (Å²) in [5.41, 5.74) is 0.427. The molecular formula is C11H28O. The Labute approximate surface area is 79.5 Å². The van der Waals surface area contributed by atoms with E-state index in [2.05, 4.69) is 20.8 Å². The van der Waals surface area contributed by atoms with Crippen LogP contribution in [0.5, 0.6) is 0 Å². The van der Waals surface area contributed by atoms with Crippen LogP contribution in [0.2, 0.25) is 0 Å². The van der Waals surface area contributed by atoms with Gasteiger partial charge in [0.25, 0.3) is 0 Å². The zero-order valence-electron chi connectivity index (χ0n) is 10.3. The second kappa shape index (κ2) is 13.5. The Kier molecular flexibility index (Phi) is 20.2. The molecule has 0 aromatic heterocycles. The van der Waals surface area contributed by atoms with E-state index in [0.717, 1.165) is 13.0 Å². The molecule has 0 fully saturated rings. The SMILES string of the molecule is CC.CC.COCCC(C)(C)C. The zero-order chi connectivity index (χ0) is 10.6. The van der Waals surface area contributed by atoms with Crippen molar-refractivity contribution in [2.75, 3.05) is 13.7 Å². The van der Waals surface area contributed by atoms with Crippen LogP contribution >= 0.6 is 0 Å². The molecule has 0 radical (unpaired) electrons. The van der Waals surface area contributed by atoms with Gasteiger partial charge in [-0.25, -0.2) is 0 Å². The third-order valence-corrected chi connectivity index (χ3v) is 1.06. The lowest BCUT2D eigenvalue weighted by Gasteiger charge is -2.16. The van der Waals surface area contributed by atoms with E-state index in [9.17, 15) is 0 Å². The highest BCUT2D eigenvalue weighted by Crippen LogP contribution is 2.17.